The van der Waals surface area contributed by atoms with Crippen molar-refractivity contribution >= 4 is 23.2 Å². The van der Waals surface area contributed by atoms with Gasteiger partial charge in [-0.25, -0.2) is 4.98 Å². The number of carbonyl (C=O) groups excluding carboxylic acids is 2. The molecule has 0 aliphatic rings. The molecule has 1 aromatic heterocycles. The van der Waals surface area contributed by atoms with Crippen LogP contribution in [0.2, 0.25) is 0 Å². The first-order chi connectivity index (χ1) is 9.13. The fourth-order valence-electron chi connectivity index (χ4n) is 1.61. The second kappa shape index (κ2) is 8.63. The number of ether oxygens (including phenoxy) is 1. The summed E-state index contributed by atoms with van der Waals surface area (Å²) in [6, 6.07) is 0. The summed E-state index contributed by atoms with van der Waals surface area (Å²) in [7, 11) is 1.40. The number of aromatic nitrogens is 1. The lowest BCUT2D eigenvalue weighted by molar-refractivity contribution is -0.140. The van der Waals surface area contributed by atoms with Crippen molar-refractivity contribution in [3.8, 4) is 0 Å². The van der Waals surface area contributed by atoms with Gasteiger partial charge < -0.3 is 10.1 Å². The first-order valence-corrected chi connectivity index (χ1v) is 7.28. The second-order valence-corrected chi connectivity index (χ2v) is 5.31. The van der Waals surface area contributed by atoms with Crippen molar-refractivity contribution in [1.82, 2.24) is 10.3 Å². The molecule has 0 spiro atoms. The lowest BCUT2D eigenvalue weighted by Gasteiger charge is -2.03. The third-order valence-electron chi connectivity index (χ3n) is 2.67. The van der Waals surface area contributed by atoms with Gasteiger partial charge in [0, 0.05) is 18.3 Å². The third kappa shape index (κ3) is 6.33. The Hall–Kier alpha value is -1.43. The summed E-state index contributed by atoms with van der Waals surface area (Å²) in [6.45, 7) is 2.52. The third-order valence-corrected chi connectivity index (χ3v) is 3.45. The summed E-state index contributed by atoms with van der Waals surface area (Å²) in [4.78, 5) is 26.6. The summed E-state index contributed by atoms with van der Waals surface area (Å²) in [5.74, 6) is -0.272. The van der Waals surface area contributed by atoms with E-state index in [0.717, 1.165) is 30.7 Å². The lowest BCUT2D eigenvalue weighted by Crippen LogP contribution is -2.24. The fourth-order valence-corrected chi connectivity index (χ4v) is 2.20. The molecule has 1 rings (SSSR count). The van der Waals surface area contributed by atoms with Crippen LogP contribution >= 0.6 is 11.3 Å². The Morgan fingerprint density at radius 1 is 1.32 bits per heavy atom. The Labute approximate surface area is 117 Å². The van der Waals surface area contributed by atoms with Crippen LogP contribution in [0.5, 0.6) is 0 Å². The van der Waals surface area contributed by atoms with Gasteiger partial charge >= 0.3 is 5.97 Å². The van der Waals surface area contributed by atoms with Crippen LogP contribution in [-0.4, -0.2) is 30.5 Å². The molecule has 0 saturated heterocycles. The van der Waals surface area contributed by atoms with Crippen molar-refractivity contribution in [1.29, 1.82) is 0 Å². The molecule has 0 aliphatic heterocycles. The number of hydrogen-bond donors (Lipinski definition) is 1. The molecule has 0 atom stereocenters. The zero-order valence-electron chi connectivity index (χ0n) is 11.4. The minimum absolute atomic E-state index is 0.112. The Bertz CT molecular complexity index is 418. The van der Waals surface area contributed by atoms with Crippen molar-refractivity contribution in [3.05, 3.63) is 16.1 Å². The molecule has 0 aromatic carbocycles. The molecule has 0 aliphatic carbocycles. The van der Waals surface area contributed by atoms with Gasteiger partial charge in [0.2, 0.25) is 0 Å². The van der Waals surface area contributed by atoms with Gasteiger partial charge in [-0.2, -0.15) is 0 Å². The van der Waals surface area contributed by atoms with Crippen LogP contribution in [-0.2, 0) is 9.53 Å². The highest BCUT2D eigenvalue weighted by atomic mass is 32.1. The predicted octanol–water partition coefficient (Wildman–Crippen LogP) is 2.30. The molecule has 0 saturated carbocycles. The van der Waals surface area contributed by atoms with Crippen LogP contribution in [0.3, 0.4) is 0 Å². The Morgan fingerprint density at radius 2 is 2.05 bits per heavy atom. The molecular weight excluding hydrogens is 264 g/mol. The first-order valence-electron chi connectivity index (χ1n) is 6.40. The number of nitrogens with one attached hydrogen (secondary N) is 1. The van der Waals surface area contributed by atoms with E-state index in [2.05, 4.69) is 15.0 Å². The number of rotatable bonds is 8. The Morgan fingerprint density at radius 3 is 2.68 bits per heavy atom. The van der Waals surface area contributed by atoms with E-state index in [9.17, 15) is 9.59 Å². The molecule has 0 fully saturated rings. The summed E-state index contributed by atoms with van der Waals surface area (Å²) in [5.41, 5.74) is 0.494. The quantitative estimate of drug-likeness (QED) is 0.587. The van der Waals surface area contributed by atoms with Crippen LogP contribution in [0.1, 0.15) is 47.6 Å². The second-order valence-electron chi connectivity index (χ2n) is 4.25. The standard InChI is InChI=1S/C13H20N2O3S/c1-10-15-11(9-19-10)13(17)14-8-6-4-3-5-7-12(16)18-2/h9H,3-8H2,1-2H3,(H,14,17). The van der Waals surface area contributed by atoms with Crippen LogP contribution in [0, 0.1) is 6.92 Å². The van der Waals surface area contributed by atoms with Crippen molar-refractivity contribution in [2.45, 2.75) is 39.0 Å². The molecule has 6 heteroatoms. The highest BCUT2D eigenvalue weighted by molar-refractivity contribution is 7.09. The normalized spacial score (nSPS) is 10.2. The highest BCUT2D eigenvalue weighted by Gasteiger charge is 2.07. The number of aryl methyl sites for hydroxylation is 1. The molecular formula is C13H20N2O3S. The number of unbranched alkanes of at least 4 members (excludes halogenated alkanes) is 3. The van der Waals surface area contributed by atoms with Crippen LogP contribution < -0.4 is 5.32 Å². The van der Waals surface area contributed by atoms with Gasteiger partial charge in [0.1, 0.15) is 5.69 Å². The smallest absolute Gasteiger partial charge is 0.305 e. The Kier molecular flexibility index (Phi) is 7.10. The van der Waals surface area contributed by atoms with Crippen molar-refractivity contribution in [2.75, 3.05) is 13.7 Å². The molecule has 1 aromatic rings. The maximum Gasteiger partial charge on any atom is 0.305 e. The summed E-state index contributed by atoms with van der Waals surface area (Å²) < 4.78 is 4.56. The minimum atomic E-state index is -0.160. The van der Waals surface area contributed by atoms with E-state index in [1.807, 2.05) is 6.92 Å². The van der Waals surface area contributed by atoms with Gasteiger partial charge in [-0.3, -0.25) is 9.59 Å². The van der Waals surface area contributed by atoms with E-state index in [-0.39, 0.29) is 11.9 Å². The topological polar surface area (TPSA) is 68.3 Å². The average Bonchev–Trinajstić information content (AvgIpc) is 2.83. The number of nitrogens with zero attached hydrogens (tertiary/aromatic N) is 1. The Balaban J connectivity index is 2.02. The number of thiazole rings is 1. The largest absolute Gasteiger partial charge is 0.469 e. The lowest BCUT2D eigenvalue weighted by atomic mass is 10.1. The minimum Gasteiger partial charge on any atom is -0.469 e. The SMILES string of the molecule is COC(=O)CCCCCCNC(=O)c1csc(C)n1. The van der Waals surface area contributed by atoms with E-state index in [1.165, 1.54) is 18.4 Å². The van der Waals surface area contributed by atoms with Gasteiger partial charge in [0.05, 0.1) is 12.1 Å². The number of carbonyl (C=O) groups is 2. The van der Waals surface area contributed by atoms with Gasteiger partial charge in [-0.05, 0) is 19.8 Å². The maximum atomic E-state index is 11.6. The van der Waals surface area contributed by atoms with Crippen LogP contribution in [0.15, 0.2) is 5.38 Å². The summed E-state index contributed by atoms with van der Waals surface area (Å²) >= 11 is 1.47. The molecule has 0 radical (unpaired) electrons. The highest BCUT2D eigenvalue weighted by Crippen LogP contribution is 2.08. The summed E-state index contributed by atoms with van der Waals surface area (Å²) in [6.07, 6.45) is 4.19. The number of hydrogen-bond acceptors (Lipinski definition) is 5. The molecule has 106 valence electrons. The summed E-state index contributed by atoms with van der Waals surface area (Å²) in [5, 5.41) is 5.50. The monoisotopic (exact) mass is 284 g/mol. The molecule has 1 N–H and O–H groups in total. The van der Waals surface area contributed by atoms with Gasteiger partial charge in [-0.15, -0.1) is 11.3 Å². The zero-order chi connectivity index (χ0) is 14.1. The number of amides is 1. The van der Waals surface area contributed by atoms with E-state index in [4.69, 9.17) is 0 Å². The van der Waals surface area contributed by atoms with Crippen molar-refractivity contribution in [2.24, 2.45) is 0 Å². The predicted molar refractivity (Wildman–Crippen MR) is 74.3 cm³/mol. The van der Waals surface area contributed by atoms with E-state index < -0.39 is 0 Å². The van der Waals surface area contributed by atoms with Gasteiger partial charge in [0.25, 0.3) is 5.91 Å². The molecule has 1 amide bonds. The average molecular weight is 284 g/mol. The van der Waals surface area contributed by atoms with Crippen molar-refractivity contribution in [3.63, 3.8) is 0 Å². The molecule has 5 nitrogen and oxygen atoms in total. The van der Waals surface area contributed by atoms with Crippen LogP contribution in [0.25, 0.3) is 0 Å². The number of esters is 1. The van der Waals surface area contributed by atoms with Crippen molar-refractivity contribution < 1.29 is 14.3 Å². The fraction of sp³-hybridized carbons (Fsp3) is 0.615. The van der Waals surface area contributed by atoms with E-state index in [1.54, 1.807) is 5.38 Å². The van der Waals surface area contributed by atoms with E-state index in [0.29, 0.717) is 18.7 Å². The molecule has 0 unspecified atom stereocenters. The number of methoxy groups -OCH3 is 1. The molecule has 19 heavy (non-hydrogen) atoms. The van der Waals surface area contributed by atoms with E-state index >= 15 is 0 Å². The molecule has 0 bridgehead atoms. The first kappa shape index (κ1) is 15.6. The maximum absolute atomic E-state index is 11.6. The van der Waals surface area contributed by atoms with Gasteiger partial charge in [-0.1, -0.05) is 12.8 Å². The van der Waals surface area contributed by atoms with Gasteiger partial charge in [0.15, 0.2) is 0 Å². The zero-order valence-corrected chi connectivity index (χ0v) is 12.2. The van der Waals surface area contributed by atoms with Crippen LogP contribution in [0.4, 0.5) is 0 Å². The molecule has 1 heterocycles.